The number of benzene rings is 1. The number of rotatable bonds is 6. The molecule has 27 heavy (non-hydrogen) atoms. The van der Waals surface area contributed by atoms with Crippen molar-refractivity contribution in [2.75, 3.05) is 6.61 Å². The number of halogens is 1. The lowest BCUT2D eigenvalue weighted by Crippen LogP contribution is -2.31. The first-order valence-corrected chi connectivity index (χ1v) is 9.16. The van der Waals surface area contributed by atoms with E-state index in [1.807, 2.05) is 26.0 Å². The summed E-state index contributed by atoms with van der Waals surface area (Å²) in [6.45, 7) is 3.48. The average Bonchev–Trinajstić information content (AvgIpc) is 3.29. The lowest BCUT2D eigenvalue weighted by molar-refractivity contribution is -0.153. The number of esters is 1. The number of amides is 1. The summed E-state index contributed by atoms with van der Waals surface area (Å²) in [6, 6.07) is 10.5. The molecule has 0 unspecified atom stereocenters. The Morgan fingerprint density at radius 2 is 2.04 bits per heavy atom. The van der Waals surface area contributed by atoms with E-state index in [1.165, 1.54) is 5.01 Å². The van der Waals surface area contributed by atoms with E-state index in [2.05, 4.69) is 5.10 Å². The Labute approximate surface area is 162 Å². The fourth-order valence-electron chi connectivity index (χ4n) is 2.86. The maximum Gasteiger partial charge on any atom is 0.306 e. The number of carbonyl (C=O) groups is 2. The van der Waals surface area contributed by atoms with E-state index in [-0.39, 0.29) is 25.0 Å². The molecule has 7 heteroatoms. The minimum absolute atomic E-state index is 0.171. The topological polar surface area (TPSA) is 72.1 Å². The van der Waals surface area contributed by atoms with Crippen LogP contribution in [0, 0.1) is 5.92 Å². The molecule has 1 aliphatic rings. The molecule has 1 aliphatic heterocycles. The van der Waals surface area contributed by atoms with Crippen LogP contribution in [0.25, 0.3) is 0 Å². The Hall–Kier alpha value is -2.60. The summed E-state index contributed by atoms with van der Waals surface area (Å²) < 4.78 is 10.6. The number of hydrogen-bond donors (Lipinski definition) is 0. The van der Waals surface area contributed by atoms with Crippen LogP contribution in [0.5, 0.6) is 0 Å². The first-order chi connectivity index (χ1) is 12.9. The molecule has 1 atom stereocenters. The van der Waals surface area contributed by atoms with Gasteiger partial charge in [0, 0.05) is 17.9 Å². The maximum absolute atomic E-state index is 12.7. The third-order valence-corrected chi connectivity index (χ3v) is 4.40. The fraction of sp³-hybridized carbons (Fsp3) is 0.350. The van der Waals surface area contributed by atoms with Gasteiger partial charge in [-0.2, -0.15) is 5.10 Å². The van der Waals surface area contributed by atoms with Gasteiger partial charge in [0.15, 0.2) is 6.61 Å². The molecule has 0 aliphatic carbocycles. The monoisotopic (exact) mass is 388 g/mol. The molecular weight excluding hydrogens is 368 g/mol. The summed E-state index contributed by atoms with van der Waals surface area (Å²) in [5, 5.41) is 6.44. The summed E-state index contributed by atoms with van der Waals surface area (Å²) in [5.41, 5.74) is 1.62. The predicted octanol–water partition coefficient (Wildman–Crippen LogP) is 4.20. The zero-order valence-electron chi connectivity index (χ0n) is 15.2. The Morgan fingerprint density at radius 1 is 1.30 bits per heavy atom. The Morgan fingerprint density at radius 3 is 2.67 bits per heavy atom. The molecule has 142 valence electrons. The second-order valence-corrected chi connectivity index (χ2v) is 7.22. The van der Waals surface area contributed by atoms with Crippen molar-refractivity contribution < 1.29 is 18.7 Å². The molecular formula is C20H21ClN2O4. The van der Waals surface area contributed by atoms with Gasteiger partial charge in [0.25, 0.3) is 5.91 Å². The van der Waals surface area contributed by atoms with Crippen LogP contribution in [0.3, 0.4) is 0 Å². The first kappa shape index (κ1) is 19.2. The van der Waals surface area contributed by atoms with Crippen molar-refractivity contribution in [3.8, 4) is 0 Å². The molecule has 0 bridgehead atoms. The lowest BCUT2D eigenvalue weighted by atomic mass is 10.0. The summed E-state index contributed by atoms with van der Waals surface area (Å²) in [7, 11) is 0. The molecule has 0 saturated carbocycles. The van der Waals surface area contributed by atoms with Gasteiger partial charge >= 0.3 is 5.97 Å². The van der Waals surface area contributed by atoms with Crippen molar-refractivity contribution in [2.24, 2.45) is 11.0 Å². The summed E-state index contributed by atoms with van der Waals surface area (Å²) >= 11 is 5.95. The second kappa shape index (κ2) is 8.39. The van der Waals surface area contributed by atoms with Gasteiger partial charge in [-0.1, -0.05) is 37.6 Å². The molecule has 0 fully saturated rings. The van der Waals surface area contributed by atoms with Crippen molar-refractivity contribution in [3.63, 3.8) is 0 Å². The molecule has 0 radical (unpaired) electrons. The largest absolute Gasteiger partial charge is 0.467 e. The third-order valence-electron chi connectivity index (χ3n) is 4.15. The van der Waals surface area contributed by atoms with E-state index in [0.717, 1.165) is 11.3 Å². The smallest absolute Gasteiger partial charge is 0.306 e. The average molecular weight is 389 g/mol. The first-order valence-electron chi connectivity index (χ1n) is 8.78. The van der Waals surface area contributed by atoms with Crippen LogP contribution in [0.4, 0.5) is 0 Å². The van der Waals surface area contributed by atoms with Crippen molar-refractivity contribution in [1.29, 1.82) is 0 Å². The number of nitrogens with zero attached hydrogens (tertiary/aromatic N) is 2. The molecule has 3 rings (SSSR count). The number of hydrogen-bond acceptors (Lipinski definition) is 5. The van der Waals surface area contributed by atoms with Gasteiger partial charge in [0.1, 0.15) is 11.8 Å². The maximum atomic E-state index is 12.7. The Bertz CT molecular complexity index is 828. The van der Waals surface area contributed by atoms with Crippen molar-refractivity contribution in [3.05, 3.63) is 59.0 Å². The van der Waals surface area contributed by atoms with E-state index in [4.69, 9.17) is 20.8 Å². The molecule has 1 aromatic carbocycles. The highest BCUT2D eigenvalue weighted by Crippen LogP contribution is 2.33. The molecule has 1 aromatic heterocycles. The summed E-state index contributed by atoms with van der Waals surface area (Å²) in [4.78, 5) is 24.4. The highest BCUT2D eigenvalue weighted by atomic mass is 35.5. The van der Waals surface area contributed by atoms with Crippen LogP contribution in [0.2, 0.25) is 5.02 Å². The Balaban J connectivity index is 1.76. The van der Waals surface area contributed by atoms with E-state index in [1.54, 1.807) is 30.5 Å². The van der Waals surface area contributed by atoms with E-state index in [9.17, 15) is 9.59 Å². The van der Waals surface area contributed by atoms with Gasteiger partial charge in [-0.15, -0.1) is 0 Å². The van der Waals surface area contributed by atoms with Gasteiger partial charge < -0.3 is 9.15 Å². The zero-order chi connectivity index (χ0) is 19.4. The van der Waals surface area contributed by atoms with Crippen LogP contribution in [-0.2, 0) is 14.3 Å². The van der Waals surface area contributed by atoms with Crippen molar-refractivity contribution in [2.45, 2.75) is 32.7 Å². The van der Waals surface area contributed by atoms with E-state index >= 15 is 0 Å². The molecule has 2 heterocycles. The number of furan rings is 1. The van der Waals surface area contributed by atoms with Gasteiger partial charge in [-0.05, 0) is 35.7 Å². The molecule has 0 N–H and O–H groups in total. The fourth-order valence-corrected chi connectivity index (χ4v) is 2.99. The van der Waals surface area contributed by atoms with E-state index < -0.39 is 11.9 Å². The standard InChI is InChI=1S/C20H21ClN2O4/c1-13(2)10-20(25)27-12-19(24)23-17(18-4-3-9-26-18)11-16(22-23)14-5-7-15(21)8-6-14/h3-9,13,17H,10-12H2,1-2H3/t17-/m0/s1. The van der Waals surface area contributed by atoms with Gasteiger partial charge in [-0.25, -0.2) is 5.01 Å². The number of carbonyl (C=O) groups excluding carboxylic acids is 2. The summed E-state index contributed by atoms with van der Waals surface area (Å²) in [5.74, 6) is 0.0147. The van der Waals surface area contributed by atoms with Gasteiger partial charge in [-0.3, -0.25) is 9.59 Å². The quantitative estimate of drug-likeness (QED) is 0.695. The van der Waals surface area contributed by atoms with Crippen LogP contribution in [0.1, 0.15) is 44.1 Å². The minimum Gasteiger partial charge on any atom is -0.467 e. The second-order valence-electron chi connectivity index (χ2n) is 6.79. The SMILES string of the molecule is CC(C)CC(=O)OCC(=O)N1N=C(c2ccc(Cl)cc2)C[C@H]1c1ccco1. The molecule has 6 nitrogen and oxygen atoms in total. The van der Waals surface area contributed by atoms with Crippen LogP contribution >= 0.6 is 11.6 Å². The van der Waals surface area contributed by atoms with Crippen LogP contribution in [0.15, 0.2) is 52.2 Å². The van der Waals surface area contributed by atoms with Gasteiger partial charge in [0.05, 0.1) is 12.0 Å². The highest BCUT2D eigenvalue weighted by molar-refractivity contribution is 6.30. The Kier molecular flexibility index (Phi) is 5.96. The molecule has 1 amide bonds. The minimum atomic E-state index is -0.394. The van der Waals surface area contributed by atoms with Gasteiger partial charge in [0.2, 0.25) is 0 Å². The van der Waals surface area contributed by atoms with Crippen molar-refractivity contribution in [1.82, 2.24) is 5.01 Å². The molecule has 2 aromatic rings. The molecule has 0 spiro atoms. The summed E-state index contributed by atoms with van der Waals surface area (Å²) in [6.07, 6.45) is 2.33. The third kappa shape index (κ3) is 4.77. The lowest BCUT2D eigenvalue weighted by Gasteiger charge is -2.19. The number of ether oxygens (including phenoxy) is 1. The van der Waals surface area contributed by atoms with Crippen LogP contribution in [-0.4, -0.2) is 29.2 Å². The number of hydrazone groups is 1. The highest BCUT2D eigenvalue weighted by Gasteiger charge is 2.35. The normalized spacial score (nSPS) is 16.5. The van der Waals surface area contributed by atoms with E-state index in [0.29, 0.717) is 17.2 Å². The zero-order valence-corrected chi connectivity index (χ0v) is 16.0. The van der Waals surface area contributed by atoms with Crippen LogP contribution < -0.4 is 0 Å². The molecule has 0 saturated heterocycles. The predicted molar refractivity (Wildman–Crippen MR) is 101 cm³/mol. The van der Waals surface area contributed by atoms with Crippen molar-refractivity contribution >= 4 is 29.2 Å².